The zero-order chi connectivity index (χ0) is 17.1. The summed E-state index contributed by atoms with van der Waals surface area (Å²) in [6.07, 6.45) is 8.03. The number of imidazole rings is 1. The molecule has 1 spiro atoms. The predicted octanol–water partition coefficient (Wildman–Crippen LogP) is 1.19. The Balaban J connectivity index is 1.53. The van der Waals surface area contributed by atoms with Crippen molar-refractivity contribution < 1.29 is 0 Å². The van der Waals surface area contributed by atoms with E-state index in [0.29, 0.717) is 13.3 Å². The molecule has 1 N–H and O–H groups in total. The molecule has 0 unspecified atom stereocenters. The number of hydrogen-bond donors (Lipinski definition) is 1. The molecule has 0 radical (unpaired) electrons. The van der Waals surface area contributed by atoms with Crippen molar-refractivity contribution in [3.8, 4) is 0 Å². The van der Waals surface area contributed by atoms with Crippen LogP contribution >= 0.6 is 0 Å². The fourth-order valence-electron chi connectivity index (χ4n) is 4.45. The van der Waals surface area contributed by atoms with Gasteiger partial charge in [-0.15, -0.1) is 10.2 Å². The van der Waals surface area contributed by atoms with Gasteiger partial charge in [0.2, 0.25) is 11.9 Å². The van der Waals surface area contributed by atoms with Gasteiger partial charge in [0.1, 0.15) is 31.7 Å². The molecule has 4 heterocycles. The summed E-state index contributed by atoms with van der Waals surface area (Å²) in [6.45, 7) is 1.20. The Morgan fingerprint density at radius 2 is 1.85 bits per heavy atom. The van der Waals surface area contributed by atoms with Crippen molar-refractivity contribution in [3.63, 3.8) is 0 Å². The fraction of sp³-hybridized carbons (Fsp3) is 0.412. The number of hydrogen-bond acceptors (Lipinski definition) is 7. The molecule has 1 aromatic carbocycles. The van der Waals surface area contributed by atoms with Gasteiger partial charge in [-0.2, -0.15) is 0 Å². The van der Waals surface area contributed by atoms with E-state index >= 15 is 0 Å². The van der Waals surface area contributed by atoms with Crippen molar-refractivity contribution in [1.29, 1.82) is 0 Å². The van der Waals surface area contributed by atoms with Gasteiger partial charge in [-0.1, -0.05) is 12.1 Å². The van der Waals surface area contributed by atoms with Crippen molar-refractivity contribution in [2.75, 3.05) is 23.2 Å². The molecule has 1 fully saturated rings. The first-order valence-electron chi connectivity index (χ1n) is 9.02. The number of benzene rings is 1. The van der Waals surface area contributed by atoms with Gasteiger partial charge in [0.15, 0.2) is 0 Å². The fourth-order valence-corrected chi connectivity index (χ4v) is 4.45. The largest absolute Gasteiger partial charge is 0.332 e. The van der Waals surface area contributed by atoms with E-state index in [1.165, 1.54) is 18.4 Å². The third-order valence-corrected chi connectivity index (χ3v) is 5.66. The highest BCUT2D eigenvalue weighted by Gasteiger charge is 2.46. The number of nitrogens with zero attached hydrogens (tertiary/aromatic N) is 8. The Bertz CT molecular complexity index is 997. The van der Waals surface area contributed by atoms with Gasteiger partial charge < -0.3 is 5.32 Å². The molecule has 3 aromatic rings. The van der Waals surface area contributed by atoms with Gasteiger partial charge in [0.25, 0.3) is 0 Å². The lowest BCUT2D eigenvalue weighted by atomic mass is 10.1. The van der Waals surface area contributed by atoms with Gasteiger partial charge in [-0.25, -0.2) is 14.7 Å². The smallest absolute Gasteiger partial charge is 0.216 e. The molecule has 1 saturated carbocycles. The Kier molecular flexibility index (Phi) is 2.69. The zero-order valence-electron chi connectivity index (χ0n) is 14.3. The Morgan fingerprint density at radius 1 is 1.04 bits per heavy atom. The Morgan fingerprint density at radius 3 is 2.69 bits per heavy atom. The van der Waals surface area contributed by atoms with E-state index in [0.717, 1.165) is 30.3 Å². The molecule has 26 heavy (non-hydrogen) atoms. The molecular formula is C17H19N9. The highest BCUT2D eigenvalue weighted by Crippen LogP contribution is 2.42. The second-order valence-corrected chi connectivity index (χ2v) is 7.14. The normalized spacial score (nSPS) is 20.8. The summed E-state index contributed by atoms with van der Waals surface area (Å²) in [5.74, 6) is 1.88. The molecule has 9 heteroatoms. The third-order valence-electron chi connectivity index (χ3n) is 5.66. The van der Waals surface area contributed by atoms with Crippen molar-refractivity contribution in [2.24, 2.45) is 4.99 Å². The molecule has 2 aromatic heterocycles. The summed E-state index contributed by atoms with van der Waals surface area (Å²) in [5, 5.41) is 13.6. The maximum atomic E-state index is 4.97. The summed E-state index contributed by atoms with van der Waals surface area (Å²) in [4.78, 5) is 11.9. The molecular weight excluding hydrogens is 330 g/mol. The molecule has 1 aliphatic carbocycles. The molecule has 132 valence electrons. The average molecular weight is 349 g/mol. The zero-order valence-corrected chi connectivity index (χ0v) is 14.3. The van der Waals surface area contributed by atoms with Crippen LogP contribution in [0.1, 0.15) is 25.7 Å². The van der Waals surface area contributed by atoms with E-state index in [1.807, 2.05) is 10.7 Å². The lowest BCUT2D eigenvalue weighted by Gasteiger charge is -2.46. The maximum absolute atomic E-state index is 4.97. The highest BCUT2D eigenvalue weighted by atomic mass is 15.7. The number of fused-ring (bicyclic) bond motifs is 6. The van der Waals surface area contributed by atoms with Crippen LogP contribution in [0.4, 0.5) is 5.95 Å². The first-order valence-corrected chi connectivity index (χ1v) is 9.02. The van der Waals surface area contributed by atoms with Gasteiger partial charge >= 0.3 is 0 Å². The van der Waals surface area contributed by atoms with E-state index < -0.39 is 0 Å². The molecule has 9 nitrogen and oxygen atoms in total. The van der Waals surface area contributed by atoms with E-state index in [4.69, 9.17) is 9.98 Å². The van der Waals surface area contributed by atoms with E-state index in [9.17, 15) is 0 Å². The number of aromatic nitrogens is 5. The van der Waals surface area contributed by atoms with Gasteiger partial charge in [-0.05, 0) is 37.8 Å². The number of guanidine groups is 1. The second-order valence-electron chi connectivity index (χ2n) is 7.14. The summed E-state index contributed by atoms with van der Waals surface area (Å²) >= 11 is 0. The molecule has 2 aliphatic heterocycles. The van der Waals surface area contributed by atoms with Crippen molar-refractivity contribution in [3.05, 3.63) is 36.9 Å². The van der Waals surface area contributed by atoms with Crippen LogP contribution in [-0.2, 0) is 5.66 Å². The maximum Gasteiger partial charge on any atom is 0.216 e. The minimum atomic E-state index is -0.112. The molecule has 3 aliphatic rings. The topological polar surface area (TPSA) is 79.4 Å². The molecule has 0 saturated heterocycles. The standard InChI is InChI=1S/C17H19N9/c1-2-6-14-13(5-1)21-16-25-12-24(23-10-19-20-11-23)9-18-15(25)22-17(26(14)16)7-3-4-8-17/h1-2,5-6,10-11H,3-4,7-9,12H2,(H,18,22). The first-order chi connectivity index (χ1) is 12.8. The van der Waals surface area contributed by atoms with Crippen LogP contribution in [0.5, 0.6) is 0 Å². The number of rotatable bonds is 1. The number of anilines is 1. The van der Waals surface area contributed by atoms with Crippen LogP contribution in [0.3, 0.4) is 0 Å². The van der Waals surface area contributed by atoms with Crippen LogP contribution in [0, 0.1) is 0 Å². The lowest BCUT2D eigenvalue weighted by molar-refractivity contribution is 0.259. The Hall–Kier alpha value is -3.10. The van der Waals surface area contributed by atoms with Crippen LogP contribution in [-0.4, -0.2) is 43.7 Å². The van der Waals surface area contributed by atoms with Gasteiger partial charge in [-0.3, -0.25) is 14.5 Å². The van der Waals surface area contributed by atoms with Gasteiger partial charge in [0, 0.05) is 0 Å². The summed E-state index contributed by atoms with van der Waals surface area (Å²) in [7, 11) is 0. The first kappa shape index (κ1) is 14.1. The second kappa shape index (κ2) is 4.96. The summed E-state index contributed by atoms with van der Waals surface area (Å²) in [5.41, 5.74) is 2.09. The minimum Gasteiger partial charge on any atom is -0.332 e. The van der Waals surface area contributed by atoms with E-state index in [-0.39, 0.29) is 5.66 Å². The average Bonchev–Trinajstić information content (AvgIpc) is 3.41. The van der Waals surface area contributed by atoms with Crippen molar-refractivity contribution in [1.82, 2.24) is 29.7 Å². The Labute approximate surface area is 149 Å². The monoisotopic (exact) mass is 349 g/mol. The highest BCUT2D eigenvalue weighted by molar-refractivity contribution is 5.99. The lowest BCUT2D eigenvalue weighted by Crippen LogP contribution is -2.64. The SMILES string of the molecule is c1ccc2c(c1)nc1n2C2(CCCC2)NC2=NCN(n3cnnc3)CN21. The van der Waals surface area contributed by atoms with Crippen molar-refractivity contribution >= 4 is 22.9 Å². The summed E-state index contributed by atoms with van der Waals surface area (Å²) < 4.78 is 4.26. The third kappa shape index (κ3) is 1.80. The number of nitrogens with one attached hydrogen (secondary N) is 1. The molecule has 0 amide bonds. The van der Waals surface area contributed by atoms with E-state index in [1.54, 1.807) is 12.7 Å². The summed E-state index contributed by atoms with van der Waals surface area (Å²) in [6, 6.07) is 8.38. The van der Waals surface area contributed by atoms with Crippen LogP contribution in [0.25, 0.3) is 11.0 Å². The number of para-hydroxylation sites is 2. The quantitative estimate of drug-likeness (QED) is 0.711. The molecule has 0 atom stereocenters. The van der Waals surface area contributed by atoms with Crippen LogP contribution < -0.4 is 15.2 Å². The van der Waals surface area contributed by atoms with Crippen LogP contribution in [0.2, 0.25) is 0 Å². The van der Waals surface area contributed by atoms with Gasteiger partial charge in [0.05, 0.1) is 11.0 Å². The van der Waals surface area contributed by atoms with Crippen LogP contribution in [0.15, 0.2) is 41.9 Å². The minimum absolute atomic E-state index is 0.112. The molecule has 0 bridgehead atoms. The predicted molar refractivity (Wildman–Crippen MR) is 97.2 cm³/mol. The number of aliphatic imine (C=N–C) groups is 1. The van der Waals surface area contributed by atoms with Crippen molar-refractivity contribution in [2.45, 2.75) is 31.3 Å². The van der Waals surface area contributed by atoms with E-state index in [2.05, 4.69) is 48.2 Å². The molecule has 6 rings (SSSR count).